The van der Waals surface area contributed by atoms with Gasteiger partial charge >= 0.3 is 12.1 Å². The van der Waals surface area contributed by atoms with Crippen molar-refractivity contribution in [1.82, 2.24) is 4.90 Å². The number of ether oxygens (including phenoxy) is 1. The fourth-order valence-electron chi connectivity index (χ4n) is 3.54. The molecular formula is C23H20ClF3N2O5. The van der Waals surface area contributed by atoms with Gasteiger partial charge in [0.2, 0.25) is 0 Å². The summed E-state index contributed by atoms with van der Waals surface area (Å²) in [7, 11) is 0. The molecule has 7 nitrogen and oxygen atoms in total. The molecule has 1 aliphatic rings. The zero-order valence-electron chi connectivity index (χ0n) is 18.1. The second-order valence-electron chi connectivity index (χ2n) is 7.70. The molecule has 0 spiro atoms. The normalized spacial score (nSPS) is 15.1. The predicted molar refractivity (Wildman–Crippen MR) is 116 cm³/mol. The van der Waals surface area contributed by atoms with E-state index in [0.29, 0.717) is 12.5 Å². The Balaban J connectivity index is 1.74. The molecule has 2 atom stereocenters. The summed E-state index contributed by atoms with van der Waals surface area (Å²) in [5.74, 6) is -3.89. The highest BCUT2D eigenvalue weighted by molar-refractivity contribution is 6.30. The first-order chi connectivity index (χ1) is 16.0. The van der Waals surface area contributed by atoms with Gasteiger partial charge in [0.05, 0.1) is 22.4 Å². The second-order valence-corrected chi connectivity index (χ2v) is 8.14. The Morgan fingerprint density at radius 2 is 1.68 bits per heavy atom. The molecule has 3 rings (SSSR count). The zero-order valence-corrected chi connectivity index (χ0v) is 18.9. The second kappa shape index (κ2) is 9.84. The van der Waals surface area contributed by atoms with Crippen LogP contribution in [-0.4, -0.2) is 41.2 Å². The van der Waals surface area contributed by atoms with E-state index in [-0.39, 0.29) is 16.1 Å². The Morgan fingerprint density at radius 3 is 2.21 bits per heavy atom. The van der Waals surface area contributed by atoms with Crippen molar-refractivity contribution in [2.24, 2.45) is 5.92 Å². The summed E-state index contributed by atoms with van der Waals surface area (Å²) in [6, 6.07) is 7.58. The third-order valence-electron chi connectivity index (χ3n) is 5.43. The predicted octanol–water partition coefficient (Wildman–Crippen LogP) is 4.55. The lowest BCUT2D eigenvalue weighted by molar-refractivity contribution is -0.153. The molecule has 0 radical (unpaired) electrons. The maximum Gasteiger partial charge on any atom is 0.418 e. The van der Waals surface area contributed by atoms with Gasteiger partial charge in [-0.05, 0) is 36.2 Å². The molecule has 0 aliphatic carbocycles. The number of nitrogens with zero attached hydrogens (tertiary/aromatic N) is 1. The van der Waals surface area contributed by atoms with Crippen LogP contribution in [0.4, 0.5) is 18.9 Å². The standard InChI is InChI=1S/C23H20ClF3N2O5/c1-3-12(2)19(29-20(31)14-6-4-5-7-15(14)21(29)32)22(33)34-11-18(30)28-17-9-8-13(24)10-16(17)23(25,26)27/h4-10,12,19H,3,11H2,1-2H3,(H,28,30). The minimum atomic E-state index is -4.78. The van der Waals surface area contributed by atoms with E-state index in [4.69, 9.17) is 16.3 Å². The Kier molecular flexibility index (Phi) is 7.30. The van der Waals surface area contributed by atoms with Gasteiger partial charge in [0.25, 0.3) is 17.7 Å². The number of imide groups is 1. The van der Waals surface area contributed by atoms with Gasteiger partial charge in [-0.3, -0.25) is 19.3 Å². The van der Waals surface area contributed by atoms with Crippen LogP contribution in [0.15, 0.2) is 42.5 Å². The lowest BCUT2D eigenvalue weighted by atomic mass is 9.97. The van der Waals surface area contributed by atoms with E-state index in [1.807, 2.05) is 5.32 Å². The smallest absolute Gasteiger partial charge is 0.418 e. The van der Waals surface area contributed by atoms with E-state index in [9.17, 15) is 32.3 Å². The quantitative estimate of drug-likeness (QED) is 0.448. The lowest BCUT2D eigenvalue weighted by Crippen LogP contribution is -2.49. The van der Waals surface area contributed by atoms with Crippen LogP contribution in [0.3, 0.4) is 0 Å². The SMILES string of the molecule is CCC(C)C(C(=O)OCC(=O)Nc1ccc(Cl)cc1C(F)(F)F)N1C(=O)c2ccccc2C1=O. The summed E-state index contributed by atoms with van der Waals surface area (Å²) in [6.07, 6.45) is -4.38. The number of fused-ring (bicyclic) bond motifs is 1. The molecule has 0 aromatic heterocycles. The van der Waals surface area contributed by atoms with Crippen molar-refractivity contribution in [3.05, 3.63) is 64.2 Å². The van der Waals surface area contributed by atoms with Crippen LogP contribution in [0.2, 0.25) is 5.02 Å². The summed E-state index contributed by atoms with van der Waals surface area (Å²) in [6.45, 7) is 2.46. The highest BCUT2D eigenvalue weighted by Gasteiger charge is 2.45. The first-order valence-electron chi connectivity index (χ1n) is 10.3. The fourth-order valence-corrected chi connectivity index (χ4v) is 3.72. The van der Waals surface area contributed by atoms with Gasteiger partial charge in [-0.25, -0.2) is 4.79 Å². The number of hydrogen-bond acceptors (Lipinski definition) is 5. The Morgan fingerprint density at radius 1 is 1.09 bits per heavy atom. The highest BCUT2D eigenvalue weighted by Crippen LogP contribution is 2.36. The van der Waals surface area contributed by atoms with Crippen molar-refractivity contribution in [3.63, 3.8) is 0 Å². The molecule has 2 unspecified atom stereocenters. The van der Waals surface area contributed by atoms with Crippen LogP contribution in [0, 0.1) is 5.92 Å². The molecule has 180 valence electrons. The minimum absolute atomic E-state index is 0.147. The monoisotopic (exact) mass is 496 g/mol. The van der Waals surface area contributed by atoms with Crippen molar-refractivity contribution >= 4 is 41.0 Å². The Labute approximate surface area is 197 Å². The Hall–Kier alpha value is -3.40. The third-order valence-corrected chi connectivity index (χ3v) is 5.67. The first-order valence-corrected chi connectivity index (χ1v) is 10.6. The van der Waals surface area contributed by atoms with Crippen LogP contribution in [-0.2, 0) is 20.5 Å². The average Bonchev–Trinajstić information content (AvgIpc) is 3.03. The molecule has 0 saturated carbocycles. The van der Waals surface area contributed by atoms with Gasteiger partial charge in [-0.15, -0.1) is 0 Å². The number of carbonyl (C=O) groups excluding carboxylic acids is 4. The lowest BCUT2D eigenvalue weighted by Gasteiger charge is -2.28. The van der Waals surface area contributed by atoms with Crippen LogP contribution >= 0.6 is 11.6 Å². The largest absolute Gasteiger partial charge is 0.454 e. The van der Waals surface area contributed by atoms with Crippen LogP contribution in [0.1, 0.15) is 46.5 Å². The molecule has 0 bridgehead atoms. The van der Waals surface area contributed by atoms with E-state index < -0.39 is 59.7 Å². The number of nitrogens with one attached hydrogen (secondary N) is 1. The average molecular weight is 497 g/mol. The molecule has 34 heavy (non-hydrogen) atoms. The topological polar surface area (TPSA) is 92.8 Å². The number of halogens is 4. The molecule has 1 N–H and O–H groups in total. The van der Waals surface area contributed by atoms with Gasteiger partial charge in [0.1, 0.15) is 6.04 Å². The number of rotatable bonds is 7. The summed E-state index contributed by atoms with van der Waals surface area (Å²) in [5.41, 5.74) is -1.43. The number of carbonyl (C=O) groups is 4. The van der Waals surface area contributed by atoms with Gasteiger partial charge in [-0.2, -0.15) is 13.2 Å². The van der Waals surface area contributed by atoms with Crippen molar-refractivity contribution in [1.29, 1.82) is 0 Å². The number of amides is 3. The van der Waals surface area contributed by atoms with Gasteiger partial charge in [0.15, 0.2) is 6.61 Å². The highest BCUT2D eigenvalue weighted by atomic mass is 35.5. The van der Waals surface area contributed by atoms with Crippen molar-refractivity contribution < 1.29 is 37.1 Å². The summed E-state index contributed by atoms with van der Waals surface area (Å²) >= 11 is 5.62. The number of hydrogen-bond donors (Lipinski definition) is 1. The summed E-state index contributed by atoms with van der Waals surface area (Å²) < 4.78 is 44.7. The Bertz CT molecular complexity index is 1120. The van der Waals surface area contributed by atoms with Gasteiger partial charge in [-0.1, -0.05) is 44.0 Å². The van der Waals surface area contributed by atoms with E-state index in [0.717, 1.165) is 11.0 Å². The fraction of sp³-hybridized carbons (Fsp3) is 0.304. The molecule has 0 fully saturated rings. The molecule has 1 heterocycles. The molecule has 0 saturated heterocycles. The van der Waals surface area contributed by atoms with Gasteiger partial charge < -0.3 is 10.1 Å². The van der Waals surface area contributed by atoms with E-state index in [1.165, 1.54) is 18.2 Å². The van der Waals surface area contributed by atoms with Crippen molar-refractivity contribution in [2.45, 2.75) is 32.5 Å². The number of anilines is 1. The summed E-state index contributed by atoms with van der Waals surface area (Å²) in [5, 5.41) is 1.87. The number of benzene rings is 2. The minimum Gasteiger partial charge on any atom is -0.454 e. The van der Waals surface area contributed by atoms with Crippen molar-refractivity contribution in [3.8, 4) is 0 Å². The van der Waals surface area contributed by atoms with E-state index in [1.54, 1.807) is 26.0 Å². The number of alkyl halides is 3. The molecular weight excluding hydrogens is 477 g/mol. The maximum absolute atomic E-state index is 13.2. The molecule has 2 aromatic carbocycles. The van der Waals surface area contributed by atoms with Crippen LogP contribution < -0.4 is 5.32 Å². The summed E-state index contributed by atoms with van der Waals surface area (Å²) in [4.78, 5) is 51.5. The maximum atomic E-state index is 13.2. The van der Waals surface area contributed by atoms with E-state index >= 15 is 0 Å². The molecule has 1 aliphatic heterocycles. The zero-order chi connectivity index (χ0) is 25.2. The van der Waals surface area contributed by atoms with E-state index in [2.05, 4.69) is 0 Å². The van der Waals surface area contributed by atoms with Gasteiger partial charge in [0, 0.05) is 5.02 Å². The number of esters is 1. The molecule has 11 heteroatoms. The molecule has 3 amide bonds. The third kappa shape index (κ3) is 5.06. The van der Waals surface area contributed by atoms with Crippen LogP contribution in [0.5, 0.6) is 0 Å². The first kappa shape index (κ1) is 25.2. The molecule has 2 aromatic rings. The van der Waals surface area contributed by atoms with Crippen LogP contribution in [0.25, 0.3) is 0 Å². The van der Waals surface area contributed by atoms with Crippen molar-refractivity contribution in [2.75, 3.05) is 11.9 Å².